The topological polar surface area (TPSA) is 49.4 Å². The van der Waals surface area contributed by atoms with Gasteiger partial charge in [-0.15, -0.1) is 0 Å². The van der Waals surface area contributed by atoms with E-state index in [1.54, 1.807) is 0 Å². The first-order valence-corrected chi connectivity index (χ1v) is 10.7. The van der Waals surface area contributed by atoms with Gasteiger partial charge in [-0.3, -0.25) is 9.59 Å². The van der Waals surface area contributed by atoms with Crippen LogP contribution in [0.3, 0.4) is 0 Å². The molecule has 4 heteroatoms. The normalized spacial score (nSPS) is 15.7. The summed E-state index contributed by atoms with van der Waals surface area (Å²) in [6.45, 7) is 5.31. The fourth-order valence-electron chi connectivity index (χ4n) is 4.41. The second-order valence-electron chi connectivity index (χ2n) is 8.18. The molecule has 4 rings (SSSR count). The number of fused-ring (bicyclic) bond motifs is 1. The number of hydrogen-bond donors (Lipinski definition) is 1. The third kappa shape index (κ3) is 4.09. The van der Waals surface area contributed by atoms with Crippen molar-refractivity contribution in [2.24, 2.45) is 5.92 Å². The van der Waals surface area contributed by atoms with Crippen LogP contribution in [-0.4, -0.2) is 29.8 Å². The van der Waals surface area contributed by atoms with E-state index in [0.29, 0.717) is 25.9 Å². The summed E-state index contributed by atoms with van der Waals surface area (Å²) < 4.78 is 0. The molecule has 0 aromatic heterocycles. The van der Waals surface area contributed by atoms with Gasteiger partial charge in [0.1, 0.15) is 0 Å². The molecule has 0 spiro atoms. The van der Waals surface area contributed by atoms with Crippen LogP contribution in [0.4, 0.5) is 0 Å². The minimum atomic E-state index is -0.0481. The molecule has 0 radical (unpaired) electrons. The molecule has 1 aliphatic heterocycles. The Kier molecular flexibility index (Phi) is 5.84. The Morgan fingerprint density at radius 3 is 2.37 bits per heavy atom. The highest BCUT2D eigenvalue weighted by Gasteiger charge is 2.29. The molecule has 1 fully saturated rings. The fourth-order valence-corrected chi connectivity index (χ4v) is 4.41. The van der Waals surface area contributed by atoms with Crippen LogP contribution in [0.2, 0.25) is 0 Å². The Labute approximate surface area is 177 Å². The summed E-state index contributed by atoms with van der Waals surface area (Å²) >= 11 is 0. The Morgan fingerprint density at radius 2 is 1.60 bits per heavy atom. The van der Waals surface area contributed by atoms with Crippen molar-refractivity contribution in [2.45, 2.75) is 32.7 Å². The summed E-state index contributed by atoms with van der Waals surface area (Å²) in [4.78, 5) is 27.8. The van der Waals surface area contributed by atoms with Gasteiger partial charge in [-0.25, -0.2) is 0 Å². The number of hydrogen-bond acceptors (Lipinski definition) is 2. The number of nitrogens with one attached hydrogen (secondary N) is 1. The van der Waals surface area contributed by atoms with Crippen LogP contribution in [-0.2, 0) is 4.79 Å². The van der Waals surface area contributed by atoms with Gasteiger partial charge in [-0.1, -0.05) is 60.7 Å². The van der Waals surface area contributed by atoms with Gasteiger partial charge >= 0.3 is 0 Å². The molecule has 0 bridgehead atoms. The Morgan fingerprint density at radius 1 is 0.933 bits per heavy atom. The van der Waals surface area contributed by atoms with Gasteiger partial charge in [-0.2, -0.15) is 0 Å². The maximum atomic E-state index is 13.1. The molecular weight excluding hydrogens is 372 g/mol. The van der Waals surface area contributed by atoms with Crippen molar-refractivity contribution in [3.8, 4) is 0 Å². The summed E-state index contributed by atoms with van der Waals surface area (Å²) in [7, 11) is 0. The van der Waals surface area contributed by atoms with E-state index in [-0.39, 0.29) is 23.8 Å². The third-order valence-corrected chi connectivity index (χ3v) is 6.19. The van der Waals surface area contributed by atoms with Crippen LogP contribution >= 0.6 is 0 Å². The van der Waals surface area contributed by atoms with Crippen LogP contribution in [0.15, 0.2) is 66.7 Å². The van der Waals surface area contributed by atoms with E-state index in [9.17, 15) is 9.59 Å². The zero-order valence-corrected chi connectivity index (χ0v) is 17.6. The zero-order chi connectivity index (χ0) is 21.1. The van der Waals surface area contributed by atoms with Gasteiger partial charge in [0.25, 0.3) is 5.91 Å². The number of likely N-dealkylation sites (tertiary alicyclic amines) is 1. The van der Waals surface area contributed by atoms with Crippen molar-refractivity contribution in [2.75, 3.05) is 13.1 Å². The molecule has 1 aliphatic rings. The van der Waals surface area contributed by atoms with Crippen molar-refractivity contribution >= 4 is 22.6 Å². The predicted molar refractivity (Wildman–Crippen MR) is 120 cm³/mol. The maximum Gasteiger partial charge on any atom is 0.254 e. The van der Waals surface area contributed by atoms with Gasteiger partial charge < -0.3 is 10.2 Å². The minimum Gasteiger partial charge on any atom is -0.349 e. The predicted octanol–water partition coefficient (Wildman–Crippen LogP) is 4.88. The van der Waals surface area contributed by atoms with E-state index in [2.05, 4.69) is 24.4 Å². The molecule has 3 aromatic rings. The molecule has 1 atom stereocenters. The molecular formula is C26H28N2O2. The molecule has 1 saturated heterocycles. The van der Waals surface area contributed by atoms with Crippen molar-refractivity contribution in [1.82, 2.24) is 10.2 Å². The quantitative estimate of drug-likeness (QED) is 0.679. The van der Waals surface area contributed by atoms with Crippen molar-refractivity contribution in [1.29, 1.82) is 0 Å². The summed E-state index contributed by atoms with van der Waals surface area (Å²) in [5.41, 5.74) is 3.07. The van der Waals surface area contributed by atoms with Gasteiger partial charge in [0, 0.05) is 24.6 Å². The van der Waals surface area contributed by atoms with Crippen LogP contribution < -0.4 is 5.32 Å². The number of carbonyl (C=O) groups is 2. The number of rotatable bonds is 4. The lowest BCUT2D eigenvalue weighted by Crippen LogP contribution is -2.43. The fraction of sp³-hybridized carbons (Fsp3) is 0.308. The minimum absolute atomic E-state index is 0.0194. The lowest BCUT2D eigenvalue weighted by atomic mass is 9.94. The average molecular weight is 401 g/mol. The first kappa shape index (κ1) is 20.1. The number of aryl methyl sites for hydroxylation is 1. The van der Waals surface area contributed by atoms with Gasteiger partial charge in [0.05, 0.1) is 6.04 Å². The van der Waals surface area contributed by atoms with Crippen molar-refractivity contribution < 1.29 is 9.59 Å². The smallest absolute Gasteiger partial charge is 0.254 e. The van der Waals surface area contributed by atoms with Gasteiger partial charge in [-0.05, 0) is 54.7 Å². The highest BCUT2D eigenvalue weighted by atomic mass is 16.2. The molecule has 154 valence electrons. The second-order valence-corrected chi connectivity index (χ2v) is 8.18. The molecule has 1 N–H and O–H groups in total. The van der Waals surface area contributed by atoms with Crippen LogP contribution in [0.5, 0.6) is 0 Å². The number of carbonyl (C=O) groups excluding carboxylic acids is 2. The van der Waals surface area contributed by atoms with Crippen LogP contribution in [0, 0.1) is 12.8 Å². The summed E-state index contributed by atoms with van der Waals surface area (Å²) in [6.07, 6.45) is 1.39. The largest absolute Gasteiger partial charge is 0.349 e. The molecule has 2 amide bonds. The highest BCUT2D eigenvalue weighted by Crippen LogP contribution is 2.25. The summed E-state index contributed by atoms with van der Waals surface area (Å²) in [6, 6.07) is 21.9. The number of piperidine rings is 1. The van der Waals surface area contributed by atoms with E-state index in [4.69, 9.17) is 0 Å². The number of amides is 2. The lowest BCUT2D eigenvalue weighted by molar-refractivity contribution is -0.127. The SMILES string of the molecule is Cc1ccccc1C(C)NC(=O)C1CCN(C(=O)c2cccc3ccccc23)CC1. The number of benzene rings is 3. The molecule has 0 aliphatic carbocycles. The standard InChI is InChI=1S/C26H28N2O2/c1-18-8-3-5-11-22(18)19(2)27-25(29)21-14-16-28(17-15-21)26(30)24-13-7-10-20-9-4-6-12-23(20)24/h3-13,19,21H,14-17H2,1-2H3,(H,27,29). The molecule has 1 heterocycles. The third-order valence-electron chi connectivity index (χ3n) is 6.19. The van der Waals surface area contributed by atoms with E-state index >= 15 is 0 Å². The molecule has 0 saturated carbocycles. The molecule has 3 aromatic carbocycles. The lowest BCUT2D eigenvalue weighted by Gasteiger charge is -2.32. The second kappa shape index (κ2) is 8.70. The van der Waals surface area contributed by atoms with E-state index in [1.807, 2.05) is 66.4 Å². The van der Waals surface area contributed by atoms with Crippen LogP contribution in [0.25, 0.3) is 10.8 Å². The summed E-state index contributed by atoms with van der Waals surface area (Å²) in [5, 5.41) is 5.22. The van der Waals surface area contributed by atoms with Crippen molar-refractivity contribution in [3.63, 3.8) is 0 Å². The molecule has 1 unspecified atom stereocenters. The Bertz CT molecular complexity index is 1060. The number of nitrogens with zero attached hydrogens (tertiary/aromatic N) is 1. The monoisotopic (exact) mass is 400 g/mol. The van der Waals surface area contributed by atoms with Gasteiger partial charge in [0.15, 0.2) is 0 Å². The first-order chi connectivity index (χ1) is 14.5. The molecule has 30 heavy (non-hydrogen) atoms. The zero-order valence-electron chi connectivity index (χ0n) is 17.6. The average Bonchev–Trinajstić information content (AvgIpc) is 2.78. The van der Waals surface area contributed by atoms with E-state index in [0.717, 1.165) is 21.9 Å². The van der Waals surface area contributed by atoms with Crippen molar-refractivity contribution in [3.05, 3.63) is 83.4 Å². The summed E-state index contributed by atoms with van der Waals surface area (Å²) in [5.74, 6) is 0.0926. The van der Waals surface area contributed by atoms with E-state index < -0.39 is 0 Å². The Hall–Kier alpha value is -3.14. The highest BCUT2D eigenvalue weighted by molar-refractivity contribution is 6.07. The molecule has 4 nitrogen and oxygen atoms in total. The van der Waals surface area contributed by atoms with E-state index in [1.165, 1.54) is 5.56 Å². The van der Waals surface area contributed by atoms with Crippen LogP contribution in [0.1, 0.15) is 47.3 Å². The first-order valence-electron chi connectivity index (χ1n) is 10.7. The Balaban J connectivity index is 1.38. The maximum absolute atomic E-state index is 13.1. The van der Waals surface area contributed by atoms with Gasteiger partial charge in [0.2, 0.25) is 5.91 Å².